The molecule has 168 valence electrons. The number of hydrogen-bond donors (Lipinski definition) is 2. The first-order valence-electron chi connectivity index (χ1n) is 9.63. The summed E-state index contributed by atoms with van der Waals surface area (Å²) in [5, 5.41) is 3.44. The minimum atomic E-state index is -3.77. The second-order valence-electron chi connectivity index (χ2n) is 7.33. The predicted molar refractivity (Wildman–Crippen MR) is 128 cm³/mol. The summed E-state index contributed by atoms with van der Waals surface area (Å²) in [6, 6.07) is 14.5. The van der Waals surface area contributed by atoms with E-state index in [1.165, 1.54) is 18.2 Å². The Labute approximate surface area is 197 Å². The maximum Gasteiger partial charge on any atom is 0.262 e. The van der Waals surface area contributed by atoms with Crippen LogP contribution in [-0.4, -0.2) is 20.9 Å². The second-order valence-corrected chi connectivity index (χ2v) is 9.88. The average molecular weight is 493 g/mol. The van der Waals surface area contributed by atoms with E-state index in [4.69, 9.17) is 27.9 Å². The molecule has 0 aliphatic rings. The Morgan fingerprint density at radius 1 is 0.844 bits per heavy atom. The number of rotatable bonds is 7. The summed E-state index contributed by atoms with van der Waals surface area (Å²) in [5.74, 6) is -0.00903. The molecule has 3 rings (SSSR count). The van der Waals surface area contributed by atoms with Gasteiger partial charge < -0.3 is 10.1 Å². The highest BCUT2D eigenvalue weighted by atomic mass is 35.5. The van der Waals surface area contributed by atoms with Crippen LogP contribution in [0.4, 0.5) is 11.4 Å². The highest BCUT2D eigenvalue weighted by Gasteiger charge is 2.16. The molecule has 0 atom stereocenters. The van der Waals surface area contributed by atoms with Crippen molar-refractivity contribution in [3.05, 3.63) is 81.3 Å². The zero-order chi connectivity index (χ0) is 23.5. The molecule has 0 radical (unpaired) electrons. The zero-order valence-electron chi connectivity index (χ0n) is 17.7. The Morgan fingerprint density at radius 2 is 1.53 bits per heavy atom. The van der Waals surface area contributed by atoms with Gasteiger partial charge in [-0.15, -0.1) is 0 Å². The first-order valence-corrected chi connectivity index (χ1v) is 11.9. The standard InChI is InChI=1S/C23H22Cl2N2O4S/c1-14-4-5-19(8-15(14)2)27-32(29,30)21-6-7-22(16(3)9-21)31-13-23(28)26-20-11-17(24)10-18(25)12-20/h4-12,27H,13H2,1-3H3,(H,26,28). The highest BCUT2D eigenvalue weighted by Crippen LogP contribution is 2.25. The quantitative estimate of drug-likeness (QED) is 0.440. The van der Waals surface area contributed by atoms with E-state index in [2.05, 4.69) is 10.0 Å². The third kappa shape index (κ3) is 6.16. The highest BCUT2D eigenvalue weighted by molar-refractivity contribution is 7.92. The number of halogens is 2. The van der Waals surface area contributed by atoms with Gasteiger partial charge in [-0.3, -0.25) is 9.52 Å². The molecule has 1 amide bonds. The minimum absolute atomic E-state index is 0.0959. The molecule has 0 bridgehead atoms. The molecule has 0 aliphatic carbocycles. The van der Waals surface area contributed by atoms with E-state index in [1.54, 1.807) is 37.3 Å². The number of nitrogens with one attached hydrogen (secondary N) is 2. The molecule has 2 N–H and O–H groups in total. The van der Waals surface area contributed by atoms with Gasteiger partial charge in [0.25, 0.3) is 15.9 Å². The van der Waals surface area contributed by atoms with Crippen molar-refractivity contribution >= 4 is 50.5 Å². The molecule has 32 heavy (non-hydrogen) atoms. The summed E-state index contributed by atoms with van der Waals surface area (Å²) < 4.78 is 33.6. The Bertz CT molecular complexity index is 1260. The fraction of sp³-hybridized carbons (Fsp3) is 0.174. The van der Waals surface area contributed by atoms with E-state index in [9.17, 15) is 13.2 Å². The lowest BCUT2D eigenvalue weighted by molar-refractivity contribution is -0.118. The summed E-state index contributed by atoms with van der Waals surface area (Å²) in [7, 11) is -3.77. The Hall–Kier alpha value is -2.74. The molecule has 9 heteroatoms. The van der Waals surface area contributed by atoms with E-state index in [0.29, 0.717) is 32.7 Å². The third-order valence-electron chi connectivity index (χ3n) is 4.72. The van der Waals surface area contributed by atoms with E-state index in [1.807, 2.05) is 19.9 Å². The number of sulfonamides is 1. The van der Waals surface area contributed by atoms with Gasteiger partial charge in [-0.25, -0.2) is 8.42 Å². The Kier molecular flexibility index (Phi) is 7.33. The smallest absolute Gasteiger partial charge is 0.262 e. The monoisotopic (exact) mass is 492 g/mol. The van der Waals surface area contributed by atoms with Crippen LogP contribution < -0.4 is 14.8 Å². The van der Waals surface area contributed by atoms with Crippen molar-refractivity contribution in [3.63, 3.8) is 0 Å². The van der Waals surface area contributed by atoms with Crippen LogP contribution in [0.3, 0.4) is 0 Å². The number of anilines is 2. The van der Waals surface area contributed by atoms with Gasteiger partial charge in [0, 0.05) is 21.4 Å². The van der Waals surface area contributed by atoms with Gasteiger partial charge in [0.05, 0.1) is 4.90 Å². The van der Waals surface area contributed by atoms with Gasteiger partial charge >= 0.3 is 0 Å². The lowest BCUT2D eigenvalue weighted by Gasteiger charge is -2.13. The summed E-state index contributed by atoms with van der Waals surface area (Å²) in [5.41, 5.74) is 3.58. The van der Waals surface area contributed by atoms with Crippen molar-refractivity contribution in [2.45, 2.75) is 25.7 Å². The summed E-state index contributed by atoms with van der Waals surface area (Å²) in [4.78, 5) is 12.3. The first-order chi connectivity index (χ1) is 15.0. The van der Waals surface area contributed by atoms with Gasteiger partial charge in [-0.05, 0) is 86.0 Å². The first kappa shape index (κ1) is 23.9. The lowest BCUT2D eigenvalue weighted by Crippen LogP contribution is -2.20. The molecular formula is C23H22Cl2N2O4S. The maximum absolute atomic E-state index is 12.7. The number of benzene rings is 3. The van der Waals surface area contributed by atoms with Gasteiger partial charge in [0.1, 0.15) is 5.75 Å². The van der Waals surface area contributed by atoms with Gasteiger partial charge in [-0.1, -0.05) is 29.3 Å². The molecule has 0 saturated heterocycles. The summed E-state index contributed by atoms with van der Waals surface area (Å²) in [6.45, 7) is 5.32. The number of hydrogen-bond acceptors (Lipinski definition) is 4. The van der Waals surface area contributed by atoms with Crippen LogP contribution in [0.2, 0.25) is 10.0 Å². The molecule has 0 aromatic heterocycles. The average Bonchev–Trinajstić information content (AvgIpc) is 2.68. The van der Waals surface area contributed by atoms with E-state index < -0.39 is 15.9 Å². The normalized spacial score (nSPS) is 11.2. The van der Waals surface area contributed by atoms with E-state index in [0.717, 1.165) is 11.1 Å². The Morgan fingerprint density at radius 3 is 2.16 bits per heavy atom. The van der Waals surface area contributed by atoms with Gasteiger partial charge in [-0.2, -0.15) is 0 Å². The molecule has 3 aromatic carbocycles. The van der Waals surface area contributed by atoms with Crippen LogP contribution >= 0.6 is 23.2 Å². The maximum atomic E-state index is 12.7. The topological polar surface area (TPSA) is 84.5 Å². The van der Waals surface area contributed by atoms with Crippen LogP contribution in [0, 0.1) is 20.8 Å². The molecule has 6 nitrogen and oxygen atoms in total. The van der Waals surface area contributed by atoms with Crippen molar-refractivity contribution in [2.24, 2.45) is 0 Å². The van der Waals surface area contributed by atoms with Gasteiger partial charge in [0.2, 0.25) is 0 Å². The van der Waals surface area contributed by atoms with Crippen molar-refractivity contribution in [2.75, 3.05) is 16.6 Å². The number of carbonyl (C=O) groups is 1. The van der Waals surface area contributed by atoms with Crippen LogP contribution in [0.1, 0.15) is 16.7 Å². The van der Waals surface area contributed by atoms with Crippen LogP contribution in [0.15, 0.2) is 59.5 Å². The number of amides is 1. The lowest BCUT2D eigenvalue weighted by atomic mass is 10.1. The summed E-state index contributed by atoms with van der Waals surface area (Å²) in [6.07, 6.45) is 0. The third-order valence-corrected chi connectivity index (χ3v) is 6.54. The predicted octanol–water partition coefficient (Wildman–Crippen LogP) is 5.74. The summed E-state index contributed by atoms with van der Waals surface area (Å²) >= 11 is 11.8. The van der Waals surface area contributed by atoms with Crippen molar-refractivity contribution < 1.29 is 17.9 Å². The fourth-order valence-electron chi connectivity index (χ4n) is 2.94. The molecule has 3 aromatic rings. The number of ether oxygens (including phenoxy) is 1. The number of carbonyl (C=O) groups excluding carboxylic acids is 1. The molecule has 0 aliphatic heterocycles. The molecule has 0 saturated carbocycles. The van der Waals surface area contributed by atoms with Crippen LogP contribution in [0.25, 0.3) is 0 Å². The van der Waals surface area contributed by atoms with Crippen molar-refractivity contribution in [1.82, 2.24) is 0 Å². The van der Waals surface area contributed by atoms with Gasteiger partial charge in [0.15, 0.2) is 6.61 Å². The SMILES string of the molecule is Cc1ccc(NS(=O)(=O)c2ccc(OCC(=O)Nc3cc(Cl)cc(Cl)c3)c(C)c2)cc1C. The fourth-order valence-corrected chi connectivity index (χ4v) is 4.60. The van der Waals surface area contributed by atoms with Crippen LogP contribution in [0.5, 0.6) is 5.75 Å². The zero-order valence-corrected chi connectivity index (χ0v) is 20.0. The molecular weight excluding hydrogens is 471 g/mol. The minimum Gasteiger partial charge on any atom is -0.483 e. The van der Waals surface area contributed by atoms with Crippen LogP contribution in [-0.2, 0) is 14.8 Å². The molecule has 0 spiro atoms. The van der Waals surface area contributed by atoms with E-state index >= 15 is 0 Å². The molecule has 0 unspecified atom stereocenters. The largest absolute Gasteiger partial charge is 0.483 e. The van der Waals surface area contributed by atoms with Crippen molar-refractivity contribution in [1.29, 1.82) is 0 Å². The Balaban J connectivity index is 1.66. The second kappa shape index (κ2) is 9.81. The van der Waals surface area contributed by atoms with Crippen molar-refractivity contribution in [3.8, 4) is 5.75 Å². The molecule has 0 heterocycles. The number of aryl methyl sites for hydroxylation is 3. The molecule has 0 fully saturated rings. The van der Waals surface area contributed by atoms with E-state index in [-0.39, 0.29) is 11.5 Å².